The van der Waals surface area contributed by atoms with Gasteiger partial charge in [-0.25, -0.2) is 0 Å². The Morgan fingerprint density at radius 3 is 2.82 bits per heavy atom. The van der Waals surface area contributed by atoms with Crippen LogP contribution in [0.3, 0.4) is 0 Å². The second-order valence-corrected chi connectivity index (χ2v) is 8.92. The van der Waals surface area contributed by atoms with Gasteiger partial charge in [0.15, 0.2) is 0 Å². The van der Waals surface area contributed by atoms with Crippen molar-refractivity contribution in [1.29, 1.82) is 0 Å². The van der Waals surface area contributed by atoms with Crippen molar-refractivity contribution < 1.29 is 9.53 Å². The summed E-state index contributed by atoms with van der Waals surface area (Å²) >= 11 is 6.03. The number of nitrogens with one attached hydrogen (secondary N) is 2. The van der Waals surface area contributed by atoms with Gasteiger partial charge < -0.3 is 20.8 Å². The van der Waals surface area contributed by atoms with Gasteiger partial charge in [0, 0.05) is 35.1 Å². The van der Waals surface area contributed by atoms with Crippen LogP contribution in [0.1, 0.15) is 32.1 Å². The van der Waals surface area contributed by atoms with Crippen molar-refractivity contribution in [2.24, 2.45) is 10.7 Å². The van der Waals surface area contributed by atoms with Gasteiger partial charge in [-0.15, -0.1) is 0 Å². The lowest BCUT2D eigenvalue weighted by atomic mass is 9.96. The number of aromatic amines is 1. The summed E-state index contributed by atoms with van der Waals surface area (Å²) in [6, 6.07) is 5.98. The molecule has 4 N–H and O–H groups in total. The predicted octanol–water partition coefficient (Wildman–Crippen LogP) is 3.95. The zero-order valence-electron chi connectivity index (χ0n) is 18.7. The van der Waals surface area contributed by atoms with E-state index in [0.717, 1.165) is 60.5 Å². The van der Waals surface area contributed by atoms with Crippen LogP contribution in [-0.4, -0.2) is 66.0 Å². The highest BCUT2D eigenvalue weighted by atomic mass is 35.5. The van der Waals surface area contributed by atoms with Crippen molar-refractivity contribution in [2.75, 3.05) is 38.2 Å². The number of aliphatic imine (C=N–C) groups is 1. The summed E-state index contributed by atoms with van der Waals surface area (Å²) in [5.74, 6) is 0.814. The molecule has 3 heterocycles. The molecule has 2 fully saturated rings. The first-order valence-electron chi connectivity index (χ1n) is 11.5. The van der Waals surface area contributed by atoms with Crippen LogP contribution in [0.2, 0.25) is 5.02 Å². The molecule has 1 aromatic carbocycles. The summed E-state index contributed by atoms with van der Waals surface area (Å²) in [6.45, 7) is 4.45. The van der Waals surface area contributed by atoms with Crippen molar-refractivity contribution in [1.82, 2.24) is 14.9 Å². The Hall–Kier alpha value is -2.68. The number of ether oxygens (including phenoxy) is 1. The number of H-pyrrole nitrogens is 1. The number of pyridine rings is 1. The van der Waals surface area contributed by atoms with Crippen LogP contribution in [0.25, 0.3) is 21.8 Å². The van der Waals surface area contributed by atoms with E-state index in [0.29, 0.717) is 23.2 Å². The molecule has 2 aromatic heterocycles. The minimum Gasteiger partial charge on any atom is -0.386 e. The van der Waals surface area contributed by atoms with Crippen LogP contribution < -0.4 is 11.1 Å². The van der Waals surface area contributed by atoms with E-state index in [-0.39, 0.29) is 0 Å². The summed E-state index contributed by atoms with van der Waals surface area (Å²) in [7, 11) is 0. The Bertz CT molecular complexity index is 1100. The summed E-state index contributed by atoms with van der Waals surface area (Å²) < 4.78 is 5.31. The molecule has 9 heteroatoms. The van der Waals surface area contributed by atoms with E-state index in [1.54, 1.807) is 18.5 Å². The highest BCUT2D eigenvalue weighted by Gasteiger charge is 2.15. The van der Waals surface area contributed by atoms with Crippen LogP contribution in [0.15, 0.2) is 35.6 Å². The largest absolute Gasteiger partial charge is 0.386 e. The molecule has 1 amide bonds. The predicted molar refractivity (Wildman–Crippen MR) is 134 cm³/mol. The molecule has 33 heavy (non-hydrogen) atoms. The Morgan fingerprint density at radius 1 is 1.27 bits per heavy atom. The Labute approximate surface area is 198 Å². The number of amides is 1. The third kappa shape index (κ3) is 6.22. The van der Waals surface area contributed by atoms with E-state index < -0.39 is 0 Å². The fraction of sp³-hybridized carbons (Fsp3) is 0.458. The van der Waals surface area contributed by atoms with Crippen molar-refractivity contribution in [3.05, 3.63) is 35.6 Å². The summed E-state index contributed by atoms with van der Waals surface area (Å²) in [5, 5.41) is 5.22. The highest BCUT2D eigenvalue weighted by Crippen LogP contribution is 2.32. The maximum absolute atomic E-state index is 10.6. The lowest BCUT2D eigenvalue weighted by Crippen LogP contribution is -2.42. The molecule has 0 spiro atoms. The van der Waals surface area contributed by atoms with Gasteiger partial charge in [0.2, 0.25) is 6.41 Å². The van der Waals surface area contributed by atoms with Gasteiger partial charge in [0.1, 0.15) is 5.84 Å². The van der Waals surface area contributed by atoms with Gasteiger partial charge in [-0.2, -0.15) is 0 Å². The van der Waals surface area contributed by atoms with Gasteiger partial charge in [-0.3, -0.25) is 19.7 Å². The zero-order chi connectivity index (χ0) is 23.0. The van der Waals surface area contributed by atoms with Crippen LogP contribution in [0.5, 0.6) is 0 Å². The van der Waals surface area contributed by atoms with Gasteiger partial charge in [-0.1, -0.05) is 30.9 Å². The fourth-order valence-corrected chi connectivity index (χ4v) is 4.69. The van der Waals surface area contributed by atoms with Crippen molar-refractivity contribution >= 4 is 51.3 Å². The molecule has 1 saturated carbocycles. The number of amidine groups is 1. The smallest absolute Gasteiger partial charge is 0.211 e. The molecule has 5 rings (SSSR count). The number of fused-ring (bicyclic) bond motifs is 3. The van der Waals surface area contributed by atoms with Gasteiger partial charge in [0.25, 0.3) is 0 Å². The van der Waals surface area contributed by atoms with E-state index in [9.17, 15) is 4.79 Å². The minimum absolute atomic E-state index is 0.495. The van der Waals surface area contributed by atoms with E-state index in [1.807, 2.05) is 12.1 Å². The number of halogens is 1. The molecular weight excluding hydrogens is 440 g/mol. The number of hydrogen-bond donors (Lipinski definition) is 3. The third-order valence-electron chi connectivity index (χ3n) is 6.10. The normalized spacial score (nSPS) is 18.2. The van der Waals surface area contributed by atoms with Gasteiger partial charge in [-0.05, 0) is 31.0 Å². The van der Waals surface area contributed by atoms with Crippen molar-refractivity contribution in [3.8, 4) is 0 Å². The second-order valence-electron chi connectivity index (χ2n) is 8.49. The standard InChI is InChI=1S/C12H8ClN3O.C12H23N3O/c13-7-3-9-8-1-2-14-5-11(8)16-12(9)10(4-7)15-6-17;13-12(10-15-6-8-16-9-7-15)14-11-4-2-1-3-5-11/h1-6,16H,(H,15,17);11H,1-10H2,(H2,13,14). The first kappa shape index (κ1) is 23.5. The fourth-order valence-electron chi connectivity index (χ4n) is 4.47. The number of morpholine rings is 1. The number of hydrogen-bond acceptors (Lipinski definition) is 5. The topological polar surface area (TPSA) is 109 Å². The molecule has 0 atom stereocenters. The molecule has 0 unspecified atom stereocenters. The van der Waals surface area contributed by atoms with Crippen LogP contribution >= 0.6 is 11.6 Å². The molecule has 0 radical (unpaired) electrons. The maximum Gasteiger partial charge on any atom is 0.211 e. The molecular formula is C24H31ClN6O2. The average Bonchev–Trinajstić information content (AvgIpc) is 3.20. The van der Waals surface area contributed by atoms with E-state index in [4.69, 9.17) is 22.1 Å². The van der Waals surface area contributed by atoms with Crippen LogP contribution in [0.4, 0.5) is 5.69 Å². The number of carbonyl (C=O) groups excluding carboxylic acids is 1. The number of anilines is 1. The molecule has 176 valence electrons. The number of nitrogens with zero attached hydrogens (tertiary/aromatic N) is 3. The number of aromatic nitrogens is 2. The molecule has 0 bridgehead atoms. The SMILES string of the molecule is NC(CN1CCOCC1)=NC1CCCCC1.O=CNc1cc(Cl)cc2c1[nH]c1cnccc12. The monoisotopic (exact) mass is 470 g/mol. The molecule has 1 saturated heterocycles. The lowest BCUT2D eigenvalue weighted by Gasteiger charge is -2.26. The third-order valence-corrected chi connectivity index (χ3v) is 6.32. The van der Waals surface area contributed by atoms with Crippen LogP contribution in [-0.2, 0) is 9.53 Å². The summed E-state index contributed by atoms with van der Waals surface area (Å²) in [4.78, 5) is 24.8. The van der Waals surface area contributed by atoms with E-state index in [2.05, 4.69) is 25.2 Å². The zero-order valence-corrected chi connectivity index (χ0v) is 19.5. The number of nitrogens with two attached hydrogens (primary N) is 1. The van der Waals surface area contributed by atoms with Crippen molar-refractivity contribution in [3.63, 3.8) is 0 Å². The molecule has 8 nitrogen and oxygen atoms in total. The van der Waals surface area contributed by atoms with E-state index in [1.165, 1.54) is 32.1 Å². The van der Waals surface area contributed by atoms with Gasteiger partial charge >= 0.3 is 0 Å². The Morgan fingerprint density at radius 2 is 2.06 bits per heavy atom. The van der Waals surface area contributed by atoms with Crippen LogP contribution in [0, 0.1) is 0 Å². The number of rotatable bonds is 5. The molecule has 3 aromatic rings. The second kappa shape index (κ2) is 11.4. The molecule has 1 aliphatic carbocycles. The summed E-state index contributed by atoms with van der Waals surface area (Å²) in [5.41, 5.74) is 8.44. The Kier molecular flexibility index (Phi) is 8.15. The van der Waals surface area contributed by atoms with Crippen molar-refractivity contribution in [2.45, 2.75) is 38.1 Å². The number of benzene rings is 1. The first-order chi connectivity index (χ1) is 16.1. The molecule has 2 aliphatic rings. The number of carbonyl (C=O) groups is 1. The Balaban J connectivity index is 0.000000157. The highest BCUT2D eigenvalue weighted by molar-refractivity contribution is 6.32. The van der Waals surface area contributed by atoms with Gasteiger partial charge in [0.05, 0.1) is 48.7 Å². The van der Waals surface area contributed by atoms with E-state index >= 15 is 0 Å². The maximum atomic E-state index is 10.6. The minimum atomic E-state index is 0.495. The quantitative estimate of drug-likeness (QED) is 0.297. The summed E-state index contributed by atoms with van der Waals surface area (Å²) in [6.07, 6.45) is 10.6. The average molecular weight is 471 g/mol. The first-order valence-corrected chi connectivity index (χ1v) is 11.9. The molecule has 1 aliphatic heterocycles. The lowest BCUT2D eigenvalue weighted by molar-refractivity contribution is -0.105.